The van der Waals surface area contributed by atoms with Gasteiger partial charge < -0.3 is 4.98 Å². The van der Waals surface area contributed by atoms with Crippen molar-refractivity contribution < 1.29 is 0 Å². The molecule has 2 aromatic heterocycles. The minimum absolute atomic E-state index is 1.03. The number of pyridine rings is 1. The van der Waals surface area contributed by atoms with Crippen molar-refractivity contribution >= 4 is 21.8 Å². The van der Waals surface area contributed by atoms with Crippen LogP contribution < -0.4 is 0 Å². The second-order valence-corrected chi connectivity index (χ2v) is 4.68. The van der Waals surface area contributed by atoms with Crippen molar-refractivity contribution in [2.45, 2.75) is 0 Å². The van der Waals surface area contributed by atoms with Gasteiger partial charge in [0.15, 0.2) is 0 Å². The van der Waals surface area contributed by atoms with Gasteiger partial charge in [-0.05, 0) is 35.9 Å². The van der Waals surface area contributed by atoms with Gasteiger partial charge in [-0.1, -0.05) is 30.3 Å². The van der Waals surface area contributed by atoms with Crippen LogP contribution in [0.25, 0.3) is 33.1 Å². The van der Waals surface area contributed by atoms with E-state index in [0.29, 0.717) is 0 Å². The number of hydrogen-bond acceptors (Lipinski definition) is 1. The number of aromatic nitrogens is 2. The highest BCUT2D eigenvalue weighted by molar-refractivity contribution is 5.89. The molecule has 0 saturated heterocycles. The molecule has 0 amide bonds. The Morgan fingerprint density at radius 1 is 0.789 bits per heavy atom. The minimum Gasteiger partial charge on any atom is -0.355 e. The molecule has 0 bridgehead atoms. The van der Waals surface area contributed by atoms with E-state index in [1.54, 1.807) is 0 Å². The Kier molecular flexibility index (Phi) is 2.15. The van der Waals surface area contributed by atoms with Crippen molar-refractivity contribution in [1.82, 2.24) is 9.97 Å². The summed E-state index contributed by atoms with van der Waals surface area (Å²) in [6.45, 7) is 0. The van der Waals surface area contributed by atoms with E-state index in [-0.39, 0.29) is 0 Å². The maximum absolute atomic E-state index is 4.35. The molecule has 2 aromatic carbocycles. The van der Waals surface area contributed by atoms with E-state index < -0.39 is 0 Å². The summed E-state index contributed by atoms with van der Waals surface area (Å²) in [7, 11) is 0. The summed E-state index contributed by atoms with van der Waals surface area (Å²) in [6.07, 6.45) is 1.82. The zero-order chi connectivity index (χ0) is 12.7. The van der Waals surface area contributed by atoms with Gasteiger partial charge in [-0.25, -0.2) is 0 Å². The first kappa shape index (κ1) is 10.3. The number of benzene rings is 2. The van der Waals surface area contributed by atoms with E-state index in [1.807, 2.05) is 18.3 Å². The number of nitrogens with zero attached hydrogens (tertiary/aromatic N) is 1. The number of aromatic amines is 1. The van der Waals surface area contributed by atoms with Crippen LogP contribution in [0.15, 0.2) is 66.9 Å². The Hall–Kier alpha value is -2.61. The van der Waals surface area contributed by atoms with Crippen molar-refractivity contribution in [2.75, 3.05) is 0 Å². The van der Waals surface area contributed by atoms with Gasteiger partial charge >= 0.3 is 0 Å². The molecule has 0 aliphatic carbocycles. The third-order valence-corrected chi connectivity index (χ3v) is 3.44. The fraction of sp³-hybridized carbons (Fsp3) is 0. The molecule has 0 unspecified atom stereocenters. The standard InChI is InChI=1S/C17H12N2/c1-2-6-16-13(4-1)11-17(19-16)14-7-8-15-12(10-14)5-3-9-18-15/h1-11,19H. The van der Waals surface area contributed by atoms with Crippen molar-refractivity contribution in [1.29, 1.82) is 0 Å². The van der Waals surface area contributed by atoms with E-state index in [9.17, 15) is 0 Å². The van der Waals surface area contributed by atoms with Crippen molar-refractivity contribution in [2.24, 2.45) is 0 Å². The average Bonchev–Trinajstić information content (AvgIpc) is 2.90. The molecule has 2 nitrogen and oxygen atoms in total. The van der Waals surface area contributed by atoms with Crippen LogP contribution in [-0.4, -0.2) is 9.97 Å². The largest absolute Gasteiger partial charge is 0.355 e. The summed E-state index contributed by atoms with van der Waals surface area (Å²) >= 11 is 0. The number of fused-ring (bicyclic) bond motifs is 2. The molecule has 0 atom stereocenters. The summed E-state index contributed by atoms with van der Waals surface area (Å²) < 4.78 is 0. The molecule has 19 heavy (non-hydrogen) atoms. The van der Waals surface area contributed by atoms with Gasteiger partial charge in [0.25, 0.3) is 0 Å². The van der Waals surface area contributed by atoms with Gasteiger partial charge in [0.1, 0.15) is 0 Å². The molecule has 0 aliphatic heterocycles. The zero-order valence-corrected chi connectivity index (χ0v) is 10.3. The predicted octanol–water partition coefficient (Wildman–Crippen LogP) is 4.38. The summed E-state index contributed by atoms with van der Waals surface area (Å²) in [5.74, 6) is 0. The van der Waals surface area contributed by atoms with Crippen LogP contribution in [0.1, 0.15) is 0 Å². The van der Waals surface area contributed by atoms with Crippen LogP contribution in [0.5, 0.6) is 0 Å². The Morgan fingerprint density at radius 2 is 1.68 bits per heavy atom. The van der Waals surface area contributed by atoms with Crippen LogP contribution in [0, 0.1) is 0 Å². The van der Waals surface area contributed by atoms with Gasteiger partial charge in [-0.15, -0.1) is 0 Å². The first-order chi connectivity index (χ1) is 9.40. The zero-order valence-electron chi connectivity index (χ0n) is 10.3. The smallest absolute Gasteiger partial charge is 0.0702 e. The number of H-pyrrole nitrogens is 1. The molecule has 0 radical (unpaired) electrons. The van der Waals surface area contributed by atoms with E-state index in [0.717, 1.165) is 11.2 Å². The van der Waals surface area contributed by atoms with Gasteiger partial charge in [-0.2, -0.15) is 0 Å². The van der Waals surface area contributed by atoms with Crippen LogP contribution in [0.4, 0.5) is 0 Å². The SMILES string of the molecule is c1cnc2ccc(-c3cc4ccccc4[nH]3)cc2c1. The quantitative estimate of drug-likeness (QED) is 0.528. The normalized spacial score (nSPS) is 11.2. The van der Waals surface area contributed by atoms with E-state index >= 15 is 0 Å². The van der Waals surface area contributed by atoms with Gasteiger partial charge in [0.2, 0.25) is 0 Å². The maximum Gasteiger partial charge on any atom is 0.0702 e. The number of para-hydroxylation sites is 1. The van der Waals surface area contributed by atoms with Crippen LogP contribution in [-0.2, 0) is 0 Å². The molecule has 0 saturated carbocycles. The lowest BCUT2D eigenvalue weighted by atomic mass is 10.1. The van der Waals surface area contributed by atoms with Gasteiger partial charge in [0, 0.05) is 28.2 Å². The summed E-state index contributed by atoms with van der Waals surface area (Å²) in [5.41, 5.74) is 4.54. The molecule has 0 aliphatic rings. The average molecular weight is 244 g/mol. The molecular weight excluding hydrogens is 232 g/mol. The Bertz CT molecular complexity index is 841. The summed E-state index contributed by atoms with van der Waals surface area (Å²) in [6, 6.07) is 20.9. The summed E-state index contributed by atoms with van der Waals surface area (Å²) in [4.78, 5) is 7.80. The van der Waals surface area contributed by atoms with Crippen molar-refractivity contribution in [3.05, 3.63) is 66.9 Å². The van der Waals surface area contributed by atoms with Crippen LogP contribution >= 0.6 is 0 Å². The highest BCUT2D eigenvalue weighted by Crippen LogP contribution is 2.26. The number of hydrogen-bond donors (Lipinski definition) is 1. The molecule has 2 heteroatoms. The third kappa shape index (κ3) is 1.69. The first-order valence-electron chi connectivity index (χ1n) is 6.33. The molecule has 2 heterocycles. The number of rotatable bonds is 1. The Labute approximate surface area is 110 Å². The molecule has 1 N–H and O–H groups in total. The molecular formula is C17H12N2. The lowest BCUT2D eigenvalue weighted by Gasteiger charge is -2.00. The van der Waals surface area contributed by atoms with Gasteiger partial charge in [0.05, 0.1) is 5.52 Å². The molecule has 90 valence electrons. The van der Waals surface area contributed by atoms with Crippen molar-refractivity contribution in [3.8, 4) is 11.3 Å². The third-order valence-electron chi connectivity index (χ3n) is 3.44. The van der Waals surface area contributed by atoms with Crippen LogP contribution in [0.3, 0.4) is 0 Å². The fourth-order valence-electron chi connectivity index (χ4n) is 2.47. The Balaban J connectivity index is 1.93. The number of nitrogens with one attached hydrogen (secondary N) is 1. The molecule has 4 aromatic rings. The first-order valence-corrected chi connectivity index (χ1v) is 6.33. The fourth-order valence-corrected chi connectivity index (χ4v) is 2.47. The van der Waals surface area contributed by atoms with Gasteiger partial charge in [-0.3, -0.25) is 4.98 Å². The Morgan fingerprint density at radius 3 is 2.63 bits per heavy atom. The lowest BCUT2D eigenvalue weighted by Crippen LogP contribution is -1.80. The lowest BCUT2D eigenvalue weighted by molar-refractivity contribution is 1.40. The van der Waals surface area contributed by atoms with Crippen LogP contribution in [0.2, 0.25) is 0 Å². The topological polar surface area (TPSA) is 28.7 Å². The highest BCUT2D eigenvalue weighted by atomic mass is 14.7. The van der Waals surface area contributed by atoms with E-state index in [4.69, 9.17) is 0 Å². The second kappa shape index (κ2) is 3.95. The van der Waals surface area contributed by atoms with Crippen molar-refractivity contribution in [3.63, 3.8) is 0 Å². The maximum atomic E-state index is 4.35. The highest BCUT2D eigenvalue weighted by Gasteiger charge is 2.03. The molecule has 4 rings (SSSR count). The monoisotopic (exact) mass is 244 g/mol. The predicted molar refractivity (Wildman–Crippen MR) is 79.0 cm³/mol. The van der Waals surface area contributed by atoms with E-state index in [1.165, 1.54) is 21.9 Å². The molecule has 0 spiro atoms. The minimum atomic E-state index is 1.03. The summed E-state index contributed by atoms with van der Waals surface area (Å²) in [5, 5.41) is 2.41. The van der Waals surface area contributed by atoms with E-state index in [2.05, 4.69) is 58.5 Å². The molecule has 0 fully saturated rings. The second-order valence-electron chi connectivity index (χ2n) is 4.68.